The quantitative estimate of drug-likeness (QED) is 0.702. The Kier molecular flexibility index (Phi) is 7.10. The topological polar surface area (TPSA) is 96.9 Å². The Hall–Kier alpha value is -3.48. The molecule has 2 aromatic carbocycles. The number of nitrogens with one attached hydrogen (secondary N) is 1. The van der Waals surface area contributed by atoms with Gasteiger partial charge in [-0.05, 0) is 46.9 Å². The molecule has 30 heavy (non-hydrogen) atoms. The van der Waals surface area contributed by atoms with E-state index in [4.69, 9.17) is 14.2 Å². The lowest BCUT2D eigenvalue weighted by molar-refractivity contribution is -0.299. The summed E-state index contributed by atoms with van der Waals surface area (Å²) in [6.45, 7) is 6.20. The van der Waals surface area contributed by atoms with Gasteiger partial charge in [0.2, 0.25) is 5.75 Å². The maximum atomic E-state index is 12.5. The summed E-state index contributed by atoms with van der Waals surface area (Å²) in [6.07, 6.45) is 1.27. The number of aliphatic carboxylic acids is 1. The van der Waals surface area contributed by atoms with Crippen molar-refractivity contribution in [2.45, 2.75) is 26.2 Å². The highest BCUT2D eigenvalue weighted by atomic mass is 16.5. The van der Waals surface area contributed by atoms with E-state index < -0.39 is 17.6 Å². The van der Waals surface area contributed by atoms with Crippen molar-refractivity contribution in [3.8, 4) is 17.2 Å². The fraction of sp³-hybridized carbons (Fsp3) is 0.304. The number of methoxy groups -OCH3 is 3. The van der Waals surface area contributed by atoms with E-state index in [-0.39, 0.29) is 5.41 Å². The number of carbonyl (C=O) groups is 2. The molecule has 0 saturated carbocycles. The third-order valence-corrected chi connectivity index (χ3v) is 4.48. The Labute approximate surface area is 176 Å². The lowest BCUT2D eigenvalue weighted by Crippen LogP contribution is -2.35. The highest BCUT2D eigenvalue weighted by molar-refractivity contribution is 6.02. The second-order valence-electron chi connectivity index (χ2n) is 7.59. The molecule has 2 aromatic rings. The summed E-state index contributed by atoms with van der Waals surface area (Å²) in [5.74, 6) is -1.01. The van der Waals surface area contributed by atoms with E-state index in [0.29, 0.717) is 28.4 Å². The van der Waals surface area contributed by atoms with Crippen LogP contribution in [0.4, 0.5) is 0 Å². The Morgan fingerprint density at radius 3 is 1.87 bits per heavy atom. The minimum atomic E-state index is -1.52. The molecule has 0 aliphatic heterocycles. The molecule has 0 spiro atoms. The first-order valence-electron chi connectivity index (χ1n) is 9.25. The number of carboxylic acid groups (broad SMARTS) is 1. The molecule has 0 aliphatic carbocycles. The summed E-state index contributed by atoms with van der Waals surface area (Å²) in [6, 6.07) is 10.1. The van der Waals surface area contributed by atoms with E-state index in [1.165, 1.54) is 27.4 Å². The molecule has 1 N–H and O–H groups in total. The predicted molar refractivity (Wildman–Crippen MR) is 112 cm³/mol. The third-order valence-electron chi connectivity index (χ3n) is 4.48. The zero-order valence-corrected chi connectivity index (χ0v) is 18.0. The Bertz CT molecular complexity index is 930. The molecular formula is C23H26NO6-. The maximum absolute atomic E-state index is 12.5. The van der Waals surface area contributed by atoms with Crippen molar-refractivity contribution in [1.29, 1.82) is 0 Å². The van der Waals surface area contributed by atoms with E-state index in [1.54, 1.807) is 24.3 Å². The Morgan fingerprint density at radius 1 is 0.933 bits per heavy atom. The average Bonchev–Trinajstić information content (AvgIpc) is 2.71. The Morgan fingerprint density at radius 2 is 1.47 bits per heavy atom. The summed E-state index contributed by atoms with van der Waals surface area (Å²) >= 11 is 0. The minimum absolute atomic E-state index is 0.0580. The third kappa shape index (κ3) is 5.31. The van der Waals surface area contributed by atoms with Gasteiger partial charge in [-0.15, -0.1) is 0 Å². The summed E-state index contributed by atoms with van der Waals surface area (Å²) in [5, 5.41) is 14.0. The highest BCUT2D eigenvalue weighted by Crippen LogP contribution is 2.38. The molecule has 0 unspecified atom stereocenters. The maximum Gasteiger partial charge on any atom is 0.255 e. The SMILES string of the molecule is COc1cc(/C=C(/NC(=O)c2ccc(C(C)(C)C)cc2)C(=O)[O-])cc(OC)c1OC. The molecular weight excluding hydrogens is 386 g/mol. The van der Waals surface area contributed by atoms with Crippen LogP contribution >= 0.6 is 0 Å². The van der Waals surface area contributed by atoms with E-state index in [9.17, 15) is 14.7 Å². The molecule has 160 valence electrons. The predicted octanol–water partition coefficient (Wildman–Crippen LogP) is 2.53. The van der Waals surface area contributed by atoms with Gasteiger partial charge in [-0.25, -0.2) is 0 Å². The van der Waals surface area contributed by atoms with Crippen LogP contribution in [0.5, 0.6) is 17.2 Å². The monoisotopic (exact) mass is 412 g/mol. The second kappa shape index (κ2) is 9.35. The number of rotatable bonds is 7. The van der Waals surface area contributed by atoms with Gasteiger partial charge in [0, 0.05) is 5.56 Å². The molecule has 0 heterocycles. The molecule has 0 bridgehead atoms. The largest absolute Gasteiger partial charge is 0.543 e. The molecule has 7 nitrogen and oxygen atoms in total. The molecule has 0 fully saturated rings. The van der Waals surface area contributed by atoms with Crippen molar-refractivity contribution in [1.82, 2.24) is 5.32 Å². The molecule has 0 aliphatic rings. The zero-order chi connectivity index (χ0) is 22.5. The molecule has 2 rings (SSSR count). The fourth-order valence-electron chi connectivity index (χ4n) is 2.81. The van der Waals surface area contributed by atoms with Crippen molar-refractivity contribution in [3.05, 3.63) is 58.8 Å². The van der Waals surface area contributed by atoms with Gasteiger partial charge in [0.25, 0.3) is 5.91 Å². The number of carbonyl (C=O) groups excluding carboxylic acids is 2. The van der Waals surface area contributed by atoms with Crippen molar-refractivity contribution < 1.29 is 28.9 Å². The van der Waals surface area contributed by atoms with E-state index in [2.05, 4.69) is 26.1 Å². The van der Waals surface area contributed by atoms with E-state index >= 15 is 0 Å². The number of hydrogen-bond acceptors (Lipinski definition) is 6. The van der Waals surface area contributed by atoms with Crippen LogP contribution in [0.2, 0.25) is 0 Å². The zero-order valence-electron chi connectivity index (χ0n) is 18.0. The van der Waals surface area contributed by atoms with Gasteiger partial charge >= 0.3 is 0 Å². The number of carboxylic acids is 1. The van der Waals surface area contributed by atoms with Crippen LogP contribution in [0.1, 0.15) is 42.3 Å². The van der Waals surface area contributed by atoms with Gasteiger partial charge in [0.15, 0.2) is 11.5 Å². The van der Waals surface area contributed by atoms with Crippen LogP contribution in [-0.2, 0) is 10.2 Å². The molecule has 0 atom stereocenters. The van der Waals surface area contributed by atoms with Crippen molar-refractivity contribution in [3.63, 3.8) is 0 Å². The number of amides is 1. The molecule has 7 heteroatoms. The molecule has 0 aromatic heterocycles. The molecule has 0 radical (unpaired) electrons. The molecule has 1 amide bonds. The lowest BCUT2D eigenvalue weighted by atomic mass is 9.87. The number of hydrogen-bond donors (Lipinski definition) is 1. The van der Waals surface area contributed by atoms with Crippen LogP contribution in [0.15, 0.2) is 42.1 Å². The fourth-order valence-corrected chi connectivity index (χ4v) is 2.81. The van der Waals surface area contributed by atoms with Crippen LogP contribution in [-0.4, -0.2) is 33.2 Å². The van der Waals surface area contributed by atoms with Gasteiger partial charge in [0.1, 0.15) is 0 Å². The minimum Gasteiger partial charge on any atom is -0.543 e. The second-order valence-corrected chi connectivity index (χ2v) is 7.59. The van der Waals surface area contributed by atoms with Crippen molar-refractivity contribution >= 4 is 18.0 Å². The van der Waals surface area contributed by atoms with Crippen molar-refractivity contribution in [2.75, 3.05) is 21.3 Å². The first-order valence-corrected chi connectivity index (χ1v) is 9.25. The van der Waals surface area contributed by atoms with Crippen LogP contribution < -0.4 is 24.6 Å². The van der Waals surface area contributed by atoms with E-state index in [0.717, 1.165) is 5.56 Å². The lowest BCUT2D eigenvalue weighted by Gasteiger charge is -2.19. The standard InChI is InChI=1S/C23H27NO6/c1-23(2,3)16-9-7-15(8-10-16)21(25)24-17(22(26)27)11-14-12-18(28-4)20(30-6)19(13-14)29-5/h7-13H,1-6H3,(H,24,25)(H,26,27)/p-1/b17-11+. The number of ether oxygens (including phenoxy) is 3. The van der Waals surface area contributed by atoms with Gasteiger partial charge in [-0.3, -0.25) is 4.79 Å². The Balaban J connectivity index is 2.35. The smallest absolute Gasteiger partial charge is 0.255 e. The summed E-state index contributed by atoms with van der Waals surface area (Å²) in [4.78, 5) is 24.2. The van der Waals surface area contributed by atoms with Crippen LogP contribution in [0.3, 0.4) is 0 Å². The molecule has 0 saturated heterocycles. The van der Waals surface area contributed by atoms with Crippen molar-refractivity contribution in [2.24, 2.45) is 0 Å². The average molecular weight is 412 g/mol. The van der Waals surface area contributed by atoms with Gasteiger partial charge < -0.3 is 29.4 Å². The first-order chi connectivity index (χ1) is 14.1. The van der Waals surface area contributed by atoms with Crippen LogP contribution in [0, 0.1) is 0 Å². The summed E-state index contributed by atoms with van der Waals surface area (Å²) in [5.41, 5.74) is 1.37. The summed E-state index contributed by atoms with van der Waals surface area (Å²) in [7, 11) is 4.37. The highest BCUT2D eigenvalue weighted by Gasteiger charge is 2.16. The van der Waals surface area contributed by atoms with Gasteiger partial charge in [0.05, 0.1) is 33.0 Å². The van der Waals surface area contributed by atoms with Gasteiger partial charge in [-0.1, -0.05) is 32.9 Å². The number of benzene rings is 2. The van der Waals surface area contributed by atoms with Gasteiger partial charge in [-0.2, -0.15) is 0 Å². The normalized spacial score (nSPS) is 11.6. The van der Waals surface area contributed by atoms with E-state index in [1.807, 2.05) is 12.1 Å². The summed E-state index contributed by atoms with van der Waals surface area (Å²) < 4.78 is 15.8. The van der Waals surface area contributed by atoms with Crippen LogP contribution in [0.25, 0.3) is 6.08 Å². The first kappa shape index (κ1) is 22.8.